The number of aromatic hydroxyl groups is 1. The molecule has 29 heavy (non-hydrogen) atoms. The van der Waals surface area contributed by atoms with E-state index in [1.54, 1.807) is 47.1 Å². The number of amides is 2. The molecule has 1 fully saturated rings. The van der Waals surface area contributed by atoms with Crippen LogP contribution in [0.4, 0.5) is 4.79 Å². The van der Waals surface area contributed by atoms with Crippen LogP contribution >= 0.6 is 0 Å². The van der Waals surface area contributed by atoms with Crippen LogP contribution in [-0.4, -0.2) is 59.7 Å². The maximum absolute atomic E-state index is 12.8. The van der Waals surface area contributed by atoms with Crippen molar-refractivity contribution >= 4 is 12.0 Å². The summed E-state index contributed by atoms with van der Waals surface area (Å²) >= 11 is 0. The van der Waals surface area contributed by atoms with E-state index in [1.807, 2.05) is 6.07 Å². The van der Waals surface area contributed by atoms with Crippen molar-refractivity contribution in [2.24, 2.45) is 0 Å². The van der Waals surface area contributed by atoms with Crippen molar-refractivity contribution in [2.75, 3.05) is 32.8 Å². The number of phenols is 1. The van der Waals surface area contributed by atoms with Gasteiger partial charge in [0.2, 0.25) is 0 Å². The first-order valence-corrected chi connectivity index (χ1v) is 9.23. The molecule has 0 aliphatic carbocycles. The Hall–Kier alpha value is -3.73. The minimum atomic E-state index is -0.380. The van der Waals surface area contributed by atoms with Crippen LogP contribution in [0.2, 0.25) is 0 Å². The van der Waals surface area contributed by atoms with E-state index in [9.17, 15) is 14.7 Å². The number of rotatable bonds is 4. The van der Waals surface area contributed by atoms with E-state index in [1.165, 1.54) is 12.1 Å². The van der Waals surface area contributed by atoms with Crippen LogP contribution in [0, 0.1) is 11.3 Å². The quantitative estimate of drug-likeness (QED) is 0.854. The van der Waals surface area contributed by atoms with Crippen LogP contribution in [0.1, 0.15) is 22.8 Å². The maximum atomic E-state index is 12.8. The van der Waals surface area contributed by atoms with Crippen molar-refractivity contribution in [2.45, 2.75) is 6.92 Å². The maximum Gasteiger partial charge on any atom is 0.409 e. The average molecular weight is 395 g/mol. The second-order valence-electron chi connectivity index (χ2n) is 6.43. The Morgan fingerprint density at radius 1 is 1.03 bits per heavy atom. The lowest BCUT2D eigenvalue weighted by molar-refractivity contribution is 0.0570. The lowest BCUT2D eigenvalue weighted by Gasteiger charge is -2.34. The van der Waals surface area contributed by atoms with E-state index in [-0.39, 0.29) is 17.7 Å². The van der Waals surface area contributed by atoms with E-state index < -0.39 is 0 Å². The van der Waals surface area contributed by atoms with Crippen molar-refractivity contribution in [1.29, 1.82) is 5.26 Å². The Balaban J connectivity index is 1.68. The molecule has 1 aliphatic heterocycles. The van der Waals surface area contributed by atoms with Gasteiger partial charge in [-0.15, -0.1) is 0 Å². The lowest BCUT2D eigenvalue weighted by Crippen LogP contribution is -2.50. The van der Waals surface area contributed by atoms with Gasteiger partial charge in [0.15, 0.2) is 0 Å². The van der Waals surface area contributed by atoms with Gasteiger partial charge in [-0.25, -0.2) is 4.79 Å². The Bertz CT molecular complexity index is 928. The van der Waals surface area contributed by atoms with Crippen LogP contribution < -0.4 is 4.74 Å². The summed E-state index contributed by atoms with van der Waals surface area (Å²) in [5.74, 6) is 0.443. The van der Waals surface area contributed by atoms with Gasteiger partial charge in [-0.1, -0.05) is 0 Å². The van der Waals surface area contributed by atoms with Gasteiger partial charge in [0.25, 0.3) is 5.91 Å². The molecule has 2 aromatic rings. The van der Waals surface area contributed by atoms with Gasteiger partial charge >= 0.3 is 6.09 Å². The Morgan fingerprint density at radius 3 is 2.31 bits per heavy atom. The molecule has 0 spiro atoms. The number of hydrogen-bond acceptors (Lipinski definition) is 6. The van der Waals surface area contributed by atoms with Crippen molar-refractivity contribution in [3.63, 3.8) is 0 Å². The van der Waals surface area contributed by atoms with E-state index >= 15 is 0 Å². The van der Waals surface area contributed by atoms with Gasteiger partial charge in [0, 0.05) is 37.8 Å². The Morgan fingerprint density at radius 2 is 1.69 bits per heavy atom. The first kappa shape index (κ1) is 20.0. The van der Waals surface area contributed by atoms with Gasteiger partial charge < -0.3 is 24.4 Å². The van der Waals surface area contributed by atoms with Crippen LogP contribution in [0.5, 0.6) is 17.2 Å². The Kier molecular flexibility index (Phi) is 6.19. The van der Waals surface area contributed by atoms with E-state index in [0.717, 1.165) is 0 Å². The molecule has 8 heteroatoms. The predicted molar refractivity (Wildman–Crippen MR) is 104 cm³/mol. The Labute approximate surface area is 168 Å². The van der Waals surface area contributed by atoms with Crippen LogP contribution in [0.25, 0.3) is 0 Å². The highest BCUT2D eigenvalue weighted by atomic mass is 16.6. The standard InChI is InChI=1S/C21H21N3O5/c1-2-28-21(27)24-9-7-23(8-10-24)20(26)16-11-17(25)13-19(12-16)29-18-5-3-15(14-22)4-6-18/h3-6,11-13,25H,2,7-10H2,1H3. The molecule has 150 valence electrons. The van der Waals surface area contributed by atoms with E-state index in [4.69, 9.17) is 14.7 Å². The number of phenolic OH excluding ortho intramolecular Hbond substituents is 1. The molecule has 0 unspecified atom stereocenters. The molecule has 0 atom stereocenters. The summed E-state index contributed by atoms with van der Waals surface area (Å²) in [6.07, 6.45) is -0.380. The highest BCUT2D eigenvalue weighted by Gasteiger charge is 2.26. The normalized spacial score (nSPS) is 13.5. The zero-order chi connectivity index (χ0) is 20.8. The van der Waals surface area contributed by atoms with Gasteiger partial charge in [-0.2, -0.15) is 5.26 Å². The summed E-state index contributed by atoms with van der Waals surface area (Å²) in [7, 11) is 0. The smallest absolute Gasteiger partial charge is 0.409 e. The SMILES string of the molecule is CCOC(=O)N1CCN(C(=O)c2cc(O)cc(Oc3ccc(C#N)cc3)c2)CC1. The second kappa shape index (κ2) is 8.97. The molecule has 0 aromatic heterocycles. The van der Waals surface area contributed by atoms with Crippen LogP contribution in [-0.2, 0) is 4.74 Å². The molecule has 2 amide bonds. The fourth-order valence-corrected chi connectivity index (χ4v) is 2.99. The lowest BCUT2D eigenvalue weighted by atomic mass is 10.1. The molecule has 0 saturated carbocycles. The van der Waals surface area contributed by atoms with Gasteiger partial charge in [0.1, 0.15) is 17.2 Å². The number of ether oxygens (including phenoxy) is 2. The summed E-state index contributed by atoms with van der Waals surface area (Å²) in [6, 6.07) is 12.9. The number of benzene rings is 2. The molecule has 1 aliphatic rings. The number of hydrogen-bond donors (Lipinski definition) is 1. The monoisotopic (exact) mass is 395 g/mol. The fourth-order valence-electron chi connectivity index (χ4n) is 2.99. The number of carbonyl (C=O) groups is 2. The van der Waals surface area contributed by atoms with Gasteiger partial charge in [0.05, 0.1) is 18.2 Å². The number of nitriles is 1. The van der Waals surface area contributed by atoms with Crippen LogP contribution in [0.15, 0.2) is 42.5 Å². The predicted octanol–water partition coefficient (Wildman–Crippen LogP) is 2.97. The van der Waals surface area contributed by atoms with Crippen molar-refractivity contribution in [1.82, 2.24) is 9.80 Å². The van der Waals surface area contributed by atoms with Gasteiger partial charge in [-0.3, -0.25) is 4.79 Å². The highest BCUT2D eigenvalue weighted by molar-refractivity contribution is 5.95. The summed E-state index contributed by atoms with van der Waals surface area (Å²) in [6.45, 7) is 3.58. The second-order valence-corrected chi connectivity index (χ2v) is 6.43. The van der Waals surface area contributed by atoms with Crippen LogP contribution in [0.3, 0.4) is 0 Å². The third-order valence-corrected chi connectivity index (χ3v) is 4.45. The third kappa shape index (κ3) is 4.96. The highest BCUT2D eigenvalue weighted by Crippen LogP contribution is 2.28. The molecule has 1 heterocycles. The molecule has 3 rings (SSSR count). The third-order valence-electron chi connectivity index (χ3n) is 4.45. The molecule has 1 saturated heterocycles. The minimum absolute atomic E-state index is 0.0929. The summed E-state index contributed by atoms with van der Waals surface area (Å²) < 4.78 is 10.7. The minimum Gasteiger partial charge on any atom is -0.508 e. The van der Waals surface area contributed by atoms with E-state index in [2.05, 4.69) is 0 Å². The molecule has 0 radical (unpaired) electrons. The largest absolute Gasteiger partial charge is 0.508 e. The molecular formula is C21H21N3O5. The summed E-state index contributed by atoms with van der Waals surface area (Å²) in [5.41, 5.74) is 0.796. The first-order chi connectivity index (χ1) is 14.0. The first-order valence-electron chi connectivity index (χ1n) is 9.23. The number of carbonyl (C=O) groups excluding carboxylic acids is 2. The van der Waals surface area contributed by atoms with Crippen molar-refractivity contribution in [3.8, 4) is 23.3 Å². The molecule has 2 aromatic carbocycles. The summed E-state index contributed by atoms with van der Waals surface area (Å²) in [5, 5.41) is 18.9. The van der Waals surface area contributed by atoms with Crippen molar-refractivity contribution in [3.05, 3.63) is 53.6 Å². The zero-order valence-corrected chi connectivity index (χ0v) is 16.0. The topological polar surface area (TPSA) is 103 Å². The zero-order valence-electron chi connectivity index (χ0n) is 16.0. The molecule has 8 nitrogen and oxygen atoms in total. The van der Waals surface area contributed by atoms with E-state index in [0.29, 0.717) is 55.4 Å². The molecule has 0 bridgehead atoms. The fraction of sp³-hybridized carbons (Fsp3) is 0.286. The summed E-state index contributed by atoms with van der Waals surface area (Å²) in [4.78, 5) is 27.8. The number of piperazine rings is 1. The molecular weight excluding hydrogens is 374 g/mol. The van der Waals surface area contributed by atoms with Gasteiger partial charge in [-0.05, 0) is 43.3 Å². The van der Waals surface area contributed by atoms with Crippen molar-refractivity contribution < 1.29 is 24.2 Å². The average Bonchev–Trinajstić information content (AvgIpc) is 2.73. The molecule has 1 N–H and O–H groups in total. The number of nitrogens with zero attached hydrogens (tertiary/aromatic N) is 3.